The van der Waals surface area contributed by atoms with E-state index in [1.165, 1.54) is 41.5 Å². The third-order valence-electron chi connectivity index (χ3n) is 5.40. The Morgan fingerprint density at radius 1 is 1.44 bits per heavy atom. The molecule has 0 aliphatic heterocycles. The average Bonchev–Trinajstić information content (AvgIpc) is 3.43. The summed E-state index contributed by atoms with van der Waals surface area (Å²) in [5.41, 5.74) is 1.21. The first-order chi connectivity index (χ1) is 13.1. The van der Waals surface area contributed by atoms with Crippen LogP contribution in [-0.2, 0) is 24.2 Å². The Morgan fingerprint density at radius 2 is 2.22 bits per heavy atom. The number of carbonyl (C=O) groups excluding carboxylic acids is 1. The van der Waals surface area contributed by atoms with Gasteiger partial charge in [-0.2, -0.15) is 0 Å². The maximum Gasteiger partial charge on any atom is 0.263 e. The van der Waals surface area contributed by atoms with E-state index in [2.05, 4.69) is 18.8 Å². The summed E-state index contributed by atoms with van der Waals surface area (Å²) in [5.74, 6) is 0.909. The lowest BCUT2D eigenvalue weighted by atomic mass is 9.97. The molecule has 1 atom stereocenters. The van der Waals surface area contributed by atoms with Crippen LogP contribution < -0.4 is 10.9 Å². The van der Waals surface area contributed by atoms with E-state index in [1.807, 2.05) is 0 Å². The van der Waals surface area contributed by atoms with Crippen LogP contribution in [0.1, 0.15) is 43.0 Å². The number of nitrogens with zero attached hydrogens (tertiary/aromatic N) is 2. The minimum absolute atomic E-state index is 0.00405. The first-order valence-electron chi connectivity index (χ1n) is 9.66. The topological polar surface area (TPSA) is 64.0 Å². The molecule has 1 saturated carbocycles. The van der Waals surface area contributed by atoms with E-state index in [0.717, 1.165) is 29.5 Å². The minimum atomic E-state index is 0.00405. The highest BCUT2D eigenvalue weighted by Gasteiger charge is 2.29. The second-order valence-electron chi connectivity index (χ2n) is 7.47. The highest BCUT2D eigenvalue weighted by Crippen LogP contribution is 2.35. The molecule has 2 aliphatic rings. The molecule has 1 fully saturated rings. The number of thioether (sulfide) groups is 1. The smallest absolute Gasteiger partial charge is 0.263 e. The van der Waals surface area contributed by atoms with Crippen LogP contribution >= 0.6 is 23.1 Å². The van der Waals surface area contributed by atoms with Gasteiger partial charge in [0.15, 0.2) is 5.16 Å². The Balaban J connectivity index is 1.61. The van der Waals surface area contributed by atoms with Crippen molar-refractivity contribution in [1.82, 2.24) is 14.9 Å². The zero-order valence-corrected chi connectivity index (χ0v) is 17.3. The van der Waals surface area contributed by atoms with Gasteiger partial charge in [0, 0.05) is 17.5 Å². The van der Waals surface area contributed by atoms with Crippen LogP contribution in [0.3, 0.4) is 0 Å². The maximum absolute atomic E-state index is 13.2. The normalized spacial score (nSPS) is 17.5. The van der Waals surface area contributed by atoms with Crippen LogP contribution in [0.2, 0.25) is 0 Å². The van der Waals surface area contributed by atoms with E-state index in [1.54, 1.807) is 22.0 Å². The molecular formula is C20H25N3O2S2. The summed E-state index contributed by atoms with van der Waals surface area (Å²) in [4.78, 5) is 32.3. The molecule has 2 aromatic heterocycles. The molecule has 144 valence electrons. The van der Waals surface area contributed by atoms with E-state index in [0.29, 0.717) is 17.6 Å². The van der Waals surface area contributed by atoms with Crippen LogP contribution in [-0.4, -0.2) is 27.3 Å². The van der Waals surface area contributed by atoms with Crippen molar-refractivity contribution in [1.29, 1.82) is 0 Å². The fourth-order valence-electron chi connectivity index (χ4n) is 3.76. The van der Waals surface area contributed by atoms with Crippen LogP contribution in [0.25, 0.3) is 10.2 Å². The van der Waals surface area contributed by atoms with Crippen molar-refractivity contribution < 1.29 is 4.79 Å². The third kappa shape index (κ3) is 3.85. The summed E-state index contributed by atoms with van der Waals surface area (Å²) < 4.78 is 1.67. The Bertz CT molecular complexity index is 943. The Hall–Kier alpha value is -1.60. The SMILES string of the molecule is C=CCn1c(SCC(=O)NC(C)C2CC2)nc2sc3c(c2c1=O)CCCC3. The first-order valence-corrected chi connectivity index (χ1v) is 11.5. The second-order valence-corrected chi connectivity index (χ2v) is 9.50. The van der Waals surface area contributed by atoms with Gasteiger partial charge in [-0.25, -0.2) is 4.98 Å². The number of aryl methyl sites for hydroxylation is 2. The monoisotopic (exact) mass is 403 g/mol. The van der Waals surface area contributed by atoms with Gasteiger partial charge in [-0.3, -0.25) is 14.2 Å². The van der Waals surface area contributed by atoms with Crippen LogP contribution in [0.15, 0.2) is 22.6 Å². The van der Waals surface area contributed by atoms with Gasteiger partial charge in [0.25, 0.3) is 5.56 Å². The van der Waals surface area contributed by atoms with Crippen molar-refractivity contribution in [3.05, 3.63) is 33.4 Å². The zero-order chi connectivity index (χ0) is 19.0. The van der Waals surface area contributed by atoms with Crippen molar-refractivity contribution in [3.63, 3.8) is 0 Å². The predicted molar refractivity (Wildman–Crippen MR) is 112 cm³/mol. The number of allylic oxidation sites excluding steroid dienone is 1. The van der Waals surface area contributed by atoms with Crippen molar-refractivity contribution >= 4 is 39.2 Å². The predicted octanol–water partition coefficient (Wildman–Crippen LogP) is 3.53. The van der Waals surface area contributed by atoms with Gasteiger partial charge >= 0.3 is 0 Å². The minimum Gasteiger partial charge on any atom is -0.353 e. The fourth-order valence-corrected chi connectivity index (χ4v) is 5.88. The molecule has 2 heterocycles. The van der Waals surface area contributed by atoms with Crippen molar-refractivity contribution in [3.8, 4) is 0 Å². The van der Waals surface area contributed by atoms with Crippen molar-refractivity contribution in [2.24, 2.45) is 5.92 Å². The molecule has 0 bridgehead atoms. The number of thiophene rings is 1. The quantitative estimate of drug-likeness (QED) is 0.436. The second kappa shape index (κ2) is 7.80. The molecule has 2 aliphatic carbocycles. The molecule has 4 rings (SSSR count). The van der Waals surface area contributed by atoms with Crippen molar-refractivity contribution in [2.45, 2.75) is 63.2 Å². The molecule has 0 saturated heterocycles. The Morgan fingerprint density at radius 3 is 2.96 bits per heavy atom. The molecular weight excluding hydrogens is 378 g/mol. The summed E-state index contributed by atoms with van der Waals surface area (Å²) in [5, 5.41) is 4.46. The molecule has 0 aromatic carbocycles. The molecule has 2 aromatic rings. The molecule has 5 nitrogen and oxygen atoms in total. The summed E-state index contributed by atoms with van der Waals surface area (Å²) in [7, 11) is 0. The van der Waals surface area contributed by atoms with E-state index in [4.69, 9.17) is 4.98 Å². The lowest BCUT2D eigenvalue weighted by Crippen LogP contribution is -2.35. The summed E-state index contributed by atoms with van der Waals surface area (Å²) in [6.07, 6.45) is 8.45. The van der Waals surface area contributed by atoms with Gasteiger partial charge in [0.1, 0.15) is 4.83 Å². The number of rotatable bonds is 7. The summed E-state index contributed by atoms with van der Waals surface area (Å²) >= 11 is 2.99. The van der Waals surface area contributed by atoms with Gasteiger partial charge in [-0.1, -0.05) is 17.8 Å². The number of hydrogen-bond acceptors (Lipinski definition) is 5. The standard InChI is InChI=1S/C20H25N3O2S2/c1-3-10-23-19(25)17-14-6-4-5-7-15(14)27-18(17)22-20(23)26-11-16(24)21-12(2)13-8-9-13/h3,12-13H,1,4-11H2,2H3,(H,21,24). The molecule has 27 heavy (non-hydrogen) atoms. The van der Waals surface area contributed by atoms with E-state index >= 15 is 0 Å². The lowest BCUT2D eigenvalue weighted by Gasteiger charge is -2.14. The zero-order valence-electron chi connectivity index (χ0n) is 15.6. The van der Waals surface area contributed by atoms with Crippen LogP contribution in [0, 0.1) is 5.92 Å². The molecule has 7 heteroatoms. The van der Waals surface area contributed by atoms with Gasteiger partial charge in [0.2, 0.25) is 5.91 Å². The molecule has 1 unspecified atom stereocenters. The third-order valence-corrected chi connectivity index (χ3v) is 7.56. The number of aromatic nitrogens is 2. The number of hydrogen-bond donors (Lipinski definition) is 1. The van der Waals surface area contributed by atoms with E-state index in [9.17, 15) is 9.59 Å². The largest absolute Gasteiger partial charge is 0.353 e. The molecule has 1 amide bonds. The number of carbonyl (C=O) groups is 1. The Labute approximate surface area is 167 Å². The average molecular weight is 404 g/mol. The summed E-state index contributed by atoms with van der Waals surface area (Å²) in [6, 6.07) is 0.230. The van der Waals surface area contributed by atoms with Gasteiger partial charge in [-0.15, -0.1) is 17.9 Å². The highest BCUT2D eigenvalue weighted by molar-refractivity contribution is 7.99. The highest BCUT2D eigenvalue weighted by atomic mass is 32.2. The van der Waals surface area contributed by atoms with E-state index < -0.39 is 0 Å². The first kappa shape index (κ1) is 18.7. The van der Waals surface area contributed by atoms with Gasteiger partial charge in [0.05, 0.1) is 11.1 Å². The van der Waals surface area contributed by atoms with Gasteiger partial charge < -0.3 is 5.32 Å². The number of amides is 1. The van der Waals surface area contributed by atoms with Crippen LogP contribution in [0.4, 0.5) is 0 Å². The molecule has 1 N–H and O–H groups in total. The van der Waals surface area contributed by atoms with E-state index in [-0.39, 0.29) is 23.3 Å². The fraction of sp³-hybridized carbons (Fsp3) is 0.550. The number of fused-ring (bicyclic) bond motifs is 3. The number of nitrogens with one attached hydrogen (secondary N) is 1. The van der Waals surface area contributed by atoms with Crippen molar-refractivity contribution in [2.75, 3.05) is 5.75 Å². The summed E-state index contributed by atoms with van der Waals surface area (Å²) in [6.45, 7) is 6.26. The van der Waals surface area contributed by atoms with Gasteiger partial charge in [-0.05, 0) is 56.9 Å². The Kier molecular flexibility index (Phi) is 5.41. The molecule has 0 spiro atoms. The van der Waals surface area contributed by atoms with Crippen LogP contribution in [0.5, 0.6) is 0 Å². The maximum atomic E-state index is 13.2. The molecule has 0 radical (unpaired) electrons. The lowest BCUT2D eigenvalue weighted by molar-refractivity contribution is -0.119.